The average molecular weight is 388 g/mol. The number of amides is 1. The molecule has 1 aromatic heterocycles. The molecule has 2 heterocycles. The van der Waals surface area contributed by atoms with E-state index in [1.54, 1.807) is 17.5 Å². The number of carbonyl (C=O) groups is 1. The molecule has 0 radical (unpaired) electrons. The number of benzene rings is 1. The van der Waals surface area contributed by atoms with E-state index in [9.17, 15) is 4.79 Å². The molecule has 3 atom stereocenters. The lowest BCUT2D eigenvalue weighted by Gasteiger charge is -2.28. The Hall–Kier alpha value is -1.92. The van der Waals surface area contributed by atoms with Crippen molar-refractivity contribution in [1.82, 2.24) is 15.2 Å². The first-order valence-electron chi connectivity index (χ1n) is 9.51. The van der Waals surface area contributed by atoms with Gasteiger partial charge in [0.2, 0.25) is 0 Å². The summed E-state index contributed by atoms with van der Waals surface area (Å²) in [6, 6.07) is 10.8. The van der Waals surface area contributed by atoms with Gasteiger partial charge in [-0.15, -0.1) is 11.3 Å². The van der Waals surface area contributed by atoms with Gasteiger partial charge < -0.3 is 10.1 Å². The summed E-state index contributed by atoms with van der Waals surface area (Å²) >= 11 is 1.58. The van der Waals surface area contributed by atoms with Crippen molar-refractivity contribution < 1.29 is 9.53 Å². The summed E-state index contributed by atoms with van der Waals surface area (Å²) in [6.45, 7) is 9.82. The molecule has 146 valence electrons. The van der Waals surface area contributed by atoms with Crippen LogP contribution in [-0.2, 0) is 4.74 Å². The quantitative estimate of drug-likeness (QED) is 0.801. The van der Waals surface area contributed by atoms with Crippen molar-refractivity contribution >= 4 is 17.4 Å². The van der Waals surface area contributed by atoms with Crippen LogP contribution in [0.2, 0.25) is 0 Å². The van der Waals surface area contributed by atoms with Gasteiger partial charge >= 0.3 is 6.09 Å². The van der Waals surface area contributed by atoms with E-state index in [4.69, 9.17) is 4.74 Å². The van der Waals surface area contributed by atoms with Gasteiger partial charge in [-0.2, -0.15) is 0 Å². The average Bonchev–Trinajstić information content (AvgIpc) is 3.30. The lowest BCUT2D eigenvalue weighted by Crippen LogP contribution is -2.38. The van der Waals surface area contributed by atoms with Gasteiger partial charge in [0.05, 0.1) is 6.04 Å². The maximum absolute atomic E-state index is 12.4. The summed E-state index contributed by atoms with van der Waals surface area (Å²) in [4.78, 5) is 19.3. The van der Waals surface area contributed by atoms with Gasteiger partial charge in [0.25, 0.3) is 0 Å². The lowest BCUT2D eigenvalue weighted by molar-refractivity contribution is 0.0484. The minimum atomic E-state index is -0.513. The molecule has 5 nitrogen and oxygen atoms in total. The largest absolute Gasteiger partial charge is 0.444 e. The third kappa shape index (κ3) is 5.30. The lowest BCUT2D eigenvalue weighted by atomic mass is 9.99. The second-order valence-electron chi connectivity index (χ2n) is 8.12. The van der Waals surface area contributed by atoms with Crippen molar-refractivity contribution in [2.45, 2.75) is 51.8 Å². The maximum atomic E-state index is 12.4. The van der Waals surface area contributed by atoms with Gasteiger partial charge in [-0.3, -0.25) is 4.90 Å². The van der Waals surface area contributed by atoms with Gasteiger partial charge in [-0.05, 0) is 52.1 Å². The van der Waals surface area contributed by atoms with Crippen molar-refractivity contribution in [3.05, 3.63) is 52.5 Å². The number of alkyl carbamates (subject to hydrolysis) is 1. The summed E-state index contributed by atoms with van der Waals surface area (Å²) in [6.07, 6.45) is 2.44. The topological polar surface area (TPSA) is 54.5 Å². The van der Waals surface area contributed by atoms with E-state index < -0.39 is 5.60 Å². The van der Waals surface area contributed by atoms with Crippen LogP contribution < -0.4 is 5.32 Å². The number of hydrogen-bond donors (Lipinski definition) is 1. The molecular weight excluding hydrogens is 358 g/mol. The Morgan fingerprint density at radius 2 is 2.07 bits per heavy atom. The zero-order valence-electron chi connectivity index (χ0n) is 16.5. The Bertz CT molecular complexity index is 728. The molecule has 0 spiro atoms. The fraction of sp³-hybridized carbons (Fsp3) is 0.524. The van der Waals surface area contributed by atoms with E-state index in [-0.39, 0.29) is 12.1 Å². The molecule has 1 fully saturated rings. The number of aromatic nitrogens is 1. The number of nitrogens with zero attached hydrogens (tertiary/aromatic N) is 2. The second kappa shape index (κ2) is 8.40. The number of ether oxygens (including phenoxy) is 1. The molecule has 0 aliphatic carbocycles. The SMILES string of the molecule is CC(c1ccccc1)N1CCC([C@@H](NC(=O)OC(C)(C)C)c2nccs2)C1. The third-order valence-corrected chi connectivity index (χ3v) is 5.81. The van der Waals surface area contributed by atoms with Gasteiger partial charge in [0.15, 0.2) is 0 Å². The van der Waals surface area contributed by atoms with E-state index in [1.165, 1.54) is 5.56 Å². The van der Waals surface area contributed by atoms with Crippen LogP contribution >= 0.6 is 11.3 Å². The van der Waals surface area contributed by atoms with Gasteiger partial charge in [0.1, 0.15) is 10.6 Å². The molecule has 3 rings (SSSR count). The monoisotopic (exact) mass is 387 g/mol. The Balaban J connectivity index is 1.70. The van der Waals surface area contributed by atoms with Crippen LogP contribution in [-0.4, -0.2) is 34.7 Å². The molecule has 1 aliphatic heterocycles. The molecule has 6 heteroatoms. The first kappa shape index (κ1) is 19.8. The molecule has 1 aromatic carbocycles. The van der Waals surface area contributed by atoms with E-state index in [0.29, 0.717) is 12.0 Å². The summed E-state index contributed by atoms with van der Waals surface area (Å²) in [5, 5.41) is 5.98. The van der Waals surface area contributed by atoms with Crippen molar-refractivity contribution in [1.29, 1.82) is 0 Å². The minimum Gasteiger partial charge on any atom is -0.444 e. The molecule has 1 N–H and O–H groups in total. The molecule has 1 saturated heterocycles. The van der Waals surface area contributed by atoms with Gasteiger partial charge in [-0.25, -0.2) is 9.78 Å². The molecular formula is C21H29N3O2S. The molecule has 2 aromatic rings. The highest BCUT2D eigenvalue weighted by Gasteiger charge is 2.35. The molecule has 2 unspecified atom stereocenters. The van der Waals surface area contributed by atoms with Crippen LogP contribution in [0.5, 0.6) is 0 Å². The minimum absolute atomic E-state index is 0.118. The van der Waals surface area contributed by atoms with Crippen LogP contribution in [0.4, 0.5) is 4.79 Å². The maximum Gasteiger partial charge on any atom is 0.408 e. The Kier molecular flexibility index (Phi) is 6.17. The first-order chi connectivity index (χ1) is 12.8. The van der Waals surface area contributed by atoms with E-state index in [0.717, 1.165) is 24.5 Å². The predicted molar refractivity (Wildman–Crippen MR) is 109 cm³/mol. The fourth-order valence-electron chi connectivity index (χ4n) is 3.59. The Morgan fingerprint density at radius 1 is 1.33 bits per heavy atom. The molecule has 27 heavy (non-hydrogen) atoms. The molecule has 0 saturated carbocycles. The number of carbonyl (C=O) groups excluding carboxylic acids is 1. The van der Waals surface area contributed by atoms with Crippen LogP contribution in [0.25, 0.3) is 0 Å². The van der Waals surface area contributed by atoms with Gasteiger partial charge in [-0.1, -0.05) is 30.3 Å². The van der Waals surface area contributed by atoms with Crippen molar-refractivity contribution in [3.8, 4) is 0 Å². The first-order valence-corrected chi connectivity index (χ1v) is 10.4. The Labute approximate surface area is 165 Å². The highest BCUT2D eigenvalue weighted by Crippen LogP contribution is 2.35. The smallest absolute Gasteiger partial charge is 0.408 e. The highest BCUT2D eigenvalue weighted by atomic mass is 32.1. The second-order valence-corrected chi connectivity index (χ2v) is 9.05. The zero-order valence-corrected chi connectivity index (χ0v) is 17.3. The molecule has 0 bridgehead atoms. The molecule has 1 aliphatic rings. The number of hydrogen-bond acceptors (Lipinski definition) is 5. The third-order valence-electron chi connectivity index (χ3n) is 4.95. The summed E-state index contributed by atoms with van der Waals surface area (Å²) in [5.41, 5.74) is 0.810. The van der Waals surface area contributed by atoms with Crippen molar-refractivity contribution in [3.63, 3.8) is 0 Å². The normalized spacial score (nSPS) is 20.2. The van der Waals surface area contributed by atoms with Crippen LogP contribution in [0.15, 0.2) is 41.9 Å². The Morgan fingerprint density at radius 3 is 2.70 bits per heavy atom. The summed E-state index contributed by atoms with van der Waals surface area (Å²) < 4.78 is 5.48. The van der Waals surface area contributed by atoms with E-state index >= 15 is 0 Å². The zero-order chi connectivity index (χ0) is 19.4. The van der Waals surface area contributed by atoms with Crippen molar-refractivity contribution in [2.24, 2.45) is 5.92 Å². The summed E-state index contributed by atoms with van der Waals surface area (Å²) in [7, 11) is 0. The van der Waals surface area contributed by atoms with E-state index in [1.807, 2.05) is 32.2 Å². The predicted octanol–water partition coefficient (Wildman–Crippen LogP) is 4.79. The fourth-order valence-corrected chi connectivity index (χ4v) is 4.37. The van der Waals surface area contributed by atoms with Crippen LogP contribution in [0.3, 0.4) is 0 Å². The number of thiazole rings is 1. The number of rotatable bonds is 5. The molecule has 1 amide bonds. The highest BCUT2D eigenvalue weighted by molar-refractivity contribution is 7.09. The van der Waals surface area contributed by atoms with Crippen LogP contribution in [0.1, 0.15) is 56.8 Å². The number of nitrogens with one attached hydrogen (secondary N) is 1. The van der Waals surface area contributed by atoms with Gasteiger partial charge in [0, 0.05) is 24.2 Å². The van der Waals surface area contributed by atoms with E-state index in [2.05, 4.69) is 46.4 Å². The number of likely N-dealkylation sites (tertiary alicyclic amines) is 1. The standard InChI is InChI=1S/C21H29N3O2S/c1-15(16-8-6-5-7-9-16)24-12-10-17(14-24)18(19-22-11-13-27-19)23-20(25)26-21(2,3)4/h5-9,11,13,15,17-18H,10,12,14H2,1-4H3,(H,23,25)/t15?,17?,18-/m1/s1. The van der Waals surface area contributed by atoms with Crippen LogP contribution in [0, 0.1) is 5.92 Å². The summed E-state index contributed by atoms with van der Waals surface area (Å²) in [5.74, 6) is 0.315. The van der Waals surface area contributed by atoms with Crippen molar-refractivity contribution in [2.75, 3.05) is 13.1 Å².